The third kappa shape index (κ3) is 4.84. The van der Waals surface area contributed by atoms with E-state index in [1.54, 1.807) is 19.1 Å². The van der Waals surface area contributed by atoms with Gasteiger partial charge in [-0.15, -0.1) is 0 Å². The summed E-state index contributed by atoms with van der Waals surface area (Å²) in [4.78, 5) is -0.139. The Labute approximate surface area is 113 Å². The molecule has 0 saturated heterocycles. The average molecular weight is 282 g/mol. The maximum Gasteiger partial charge on any atom is 0.243 e. The van der Waals surface area contributed by atoms with Gasteiger partial charge in [0.25, 0.3) is 0 Å². The molecule has 104 valence electrons. The standard InChI is InChI=1S/C7H8O3S.C6H11N2/c1-6-4-2-3-5-7(6)11(8,9)10;1-3-8-5-4-7(2)6-8/h2-5H,1H3,(H,8,9,10);4-6H,3H2,1-2H3/q;+1/p-1. The number of imidazole rings is 1. The van der Waals surface area contributed by atoms with Gasteiger partial charge < -0.3 is 4.55 Å². The molecule has 0 fully saturated rings. The molecule has 0 N–H and O–H groups in total. The second-order valence-electron chi connectivity index (χ2n) is 4.13. The quantitative estimate of drug-likeness (QED) is 0.614. The molecule has 1 aromatic heterocycles. The van der Waals surface area contributed by atoms with Crippen molar-refractivity contribution in [3.8, 4) is 0 Å². The summed E-state index contributed by atoms with van der Waals surface area (Å²) in [6.45, 7) is 4.77. The minimum atomic E-state index is -4.28. The van der Waals surface area contributed by atoms with E-state index in [2.05, 4.69) is 24.0 Å². The highest BCUT2D eigenvalue weighted by atomic mass is 32.2. The summed E-state index contributed by atoms with van der Waals surface area (Å²) in [6.07, 6.45) is 6.14. The molecule has 1 heterocycles. The second-order valence-corrected chi connectivity index (χ2v) is 5.48. The number of hydrogen-bond acceptors (Lipinski definition) is 3. The summed E-state index contributed by atoms with van der Waals surface area (Å²) >= 11 is 0. The van der Waals surface area contributed by atoms with Crippen molar-refractivity contribution in [2.45, 2.75) is 25.3 Å². The van der Waals surface area contributed by atoms with Crippen LogP contribution >= 0.6 is 0 Å². The Morgan fingerprint density at radius 2 is 1.95 bits per heavy atom. The Bertz CT molecular complexity index is 633. The molecule has 0 amide bonds. The van der Waals surface area contributed by atoms with Crippen LogP contribution in [0.4, 0.5) is 0 Å². The Hall–Kier alpha value is -1.66. The first-order valence-electron chi connectivity index (χ1n) is 5.87. The molecule has 5 nitrogen and oxygen atoms in total. The molecule has 2 rings (SSSR count). The molecule has 2 aromatic rings. The third-order valence-electron chi connectivity index (χ3n) is 2.55. The number of hydrogen-bond donors (Lipinski definition) is 0. The first kappa shape index (κ1) is 15.4. The van der Waals surface area contributed by atoms with Crippen molar-refractivity contribution in [1.29, 1.82) is 0 Å². The van der Waals surface area contributed by atoms with Crippen molar-refractivity contribution in [2.24, 2.45) is 7.05 Å². The molecule has 0 aliphatic carbocycles. The number of aryl methyl sites for hydroxylation is 3. The van der Waals surface area contributed by atoms with Gasteiger partial charge in [0.1, 0.15) is 22.5 Å². The van der Waals surface area contributed by atoms with Crippen molar-refractivity contribution in [2.75, 3.05) is 0 Å². The van der Waals surface area contributed by atoms with Crippen molar-refractivity contribution in [3.63, 3.8) is 0 Å². The van der Waals surface area contributed by atoms with E-state index in [-0.39, 0.29) is 4.90 Å². The van der Waals surface area contributed by atoms with E-state index < -0.39 is 10.1 Å². The predicted octanol–water partition coefficient (Wildman–Crippen LogP) is 1.23. The highest BCUT2D eigenvalue weighted by molar-refractivity contribution is 7.85. The van der Waals surface area contributed by atoms with Crippen LogP contribution in [0.25, 0.3) is 0 Å². The summed E-state index contributed by atoms with van der Waals surface area (Å²) in [7, 11) is -2.26. The highest BCUT2D eigenvalue weighted by Crippen LogP contribution is 2.12. The van der Waals surface area contributed by atoms with Gasteiger partial charge in [0.15, 0.2) is 0 Å². The minimum Gasteiger partial charge on any atom is -0.744 e. The molecule has 6 heteroatoms. The largest absolute Gasteiger partial charge is 0.744 e. The second kappa shape index (κ2) is 6.49. The van der Waals surface area contributed by atoms with E-state index in [9.17, 15) is 13.0 Å². The van der Waals surface area contributed by atoms with Crippen LogP contribution in [-0.4, -0.2) is 17.5 Å². The van der Waals surface area contributed by atoms with Gasteiger partial charge >= 0.3 is 0 Å². The van der Waals surface area contributed by atoms with Gasteiger partial charge in [-0.05, 0) is 25.5 Å². The smallest absolute Gasteiger partial charge is 0.243 e. The van der Waals surface area contributed by atoms with Crippen LogP contribution in [0.3, 0.4) is 0 Å². The van der Waals surface area contributed by atoms with E-state index in [0.717, 1.165) is 6.54 Å². The van der Waals surface area contributed by atoms with Crippen LogP contribution in [0.15, 0.2) is 47.9 Å². The highest BCUT2D eigenvalue weighted by Gasteiger charge is 2.02. The van der Waals surface area contributed by atoms with Crippen LogP contribution in [0.2, 0.25) is 0 Å². The maximum atomic E-state index is 10.5. The fraction of sp³-hybridized carbons (Fsp3) is 0.308. The first-order chi connectivity index (χ1) is 8.84. The van der Waals surface area contributed by atoms with Crippen molar-refractivity contribution in [1.82, 2.24) is 4.57 Å². The zero-order valence-corrected chi connectivity index (χ0v) is 12.1. The van der Waals surface area contributed by atoms with Crippen LogP contribution in [-0.2, 0) is 23.7 Å². The number of rotatable bonds is 2. The Kier molecular flexibility index (Phi) is 5.26. The molecular weight excluding hydrogens is 264 g/mol. The Morgan fingerprint density at radius 3 is 2.26 bits per heavy atom. The van der Waals surface area contributed by atoms with Gasteiger partial charge in [-0.3, -0.25) is 0 Å². The lowest BCUT2D eigenvalue weighted by molar-refractivity contribution is -0.671. The molecule has 0 saturated carbocycles. The van der Waals surface area contributed by atoms with Crippen LogP contribution in [0.5, 0.6) is 0 Å². The fourth-order valence-electron chi connectivity index (χ4n) is 1.53. The predicted molar refractivity (Wildman–Crippen MR) is 70.4 cm³/mol. The lowest BCUT2D eigenvalue weighted by atomic mass is 10.2. The summed E-state index contributed by atoms with van der Waals surface area (Å²) in [5.41, 5.74) is 0.488. The topological polar surface area (TPSA) is 66.0 Å². The number of nitrogens with zero attached hydrogens (tertiary/aromatic N) is 2. The minimum absolute atomic E-state index is 0.139. The summed E-state index contributed by atoms with van der Waals surface area (Å²) < 4.78 is 35.7. The van der Waals surface area contributed by atoms with E-state index in [4.69, 9.17) is 0 Å². The zero-order valence-electron chi connectivity index (χ0n) is 11.3. The van der Waals surface area contributed by atoms with Gasteiger partial charge in [-0.25, -0.2) is 17.6 Å². The molecular formula is C13H18N2O3S. The molecule has 0 spiro atoms. The van der Waals surface area contributed by atoms with Gasteiger partial charge in [0, 0.05) is 0 Å². The van der Waals surface area contributed by atoms with Crippen LogP contribution in [0.1, 0.15) is 12.5 Å². The maximum absolute atomic E-state index is 10.5. The fourth-order valence-corrected chi connectivity index (χ4v) is 2.23. The summed E-state index contributed by atoms with van der Waals surface area (Å²) in [5, 5.41) is 0. The van der Waals surface area contributed by atoms with Gasteiger partial charge in [0.05, 0.1) is 18.5 Å². The van der Waals surface area contributed by atoms with Gasteiger partial charge in [0.2, 0.25) is 6.33 Å². The monoisotopic (exact) mass is 282 g/mol. The SMILES string of the molecule is CCn1cc[n+](C)c1.Cc1ccccc1S(=O)(=O)[O-]. The van der Waals surface area contributed by atoms with Crippen molar-refractivity contribution in [3.05, 3.63) is 48.5 Å². The van der Waals surface area contributed by atoms with E-state index in [1.165, 1.54) is 12.1 Å². The zero-order chi connectivity index (χ0) is 14.5. The molecule has 0 atom stereocenters. The summed E-state index contributed by atoms with van der Waals surface area (Å²) in [6, 6.07) is 6.10. The lowest BCUT2D eigenvalue weighted by Crippen LogP contribution is -2.23. The summed E-state index contributed by atoms with van der Waals surface area (Å²) in [5.74, 6) is 0. The van der Waals surface area contributed by atoms with E-state index in [1.807, 2.05) is 17.8 Å². The van der Waals surface area contributed by atoms with Crippen molar-refractivity contribution < 1.29 is 17.5 Å². The molecule has 0 bridgehead atoms. The molecule has 0 unspecified atom stereocenters. The van der Waals surface area contributed by atoms with E-state index in [0.29, 0.717) is 5.56 Å². The number of benzene rings is 1. The molecule has 1 aromatic carbocycles. The van der Waals surface area contributed by atoms with Crippen LogP contribution in [0, 0.1) is 6.92 Å². The third-order valence-corrected chi connectivity index (χ3v) is 3.55. The molecule has 0 radical (unpaired) electrons. The molecule has 19 heavy (non-hydrogen) atoms. The number of aromatic nitrogens is 2. The van der Waals surface area contributed by atoms with Crippen LogP contribution < -0.4 is 4.57 Å². The van der Waals surface area contributed by atoms with E-state index >= 15 is 0 Å². The van der Waals surface area contributed by atoms with Crippen molar-refractivity contribution >= 4 is 10.1 Å². The lowest BCUT2D eigenvalue weighted by Gasteiger charge is -2.08. The Balaban J connectivity index is 0.000000200. The average Bonchev–Trinajstić information content (AvgIpc) is 2.75. The van der Waals surface area contributed by atoms with Gasteiger partial charge in [-0.1, -0.05) is 18.2 Å². The Morgan fingerprint density at radius 1 is 1.32 bits per heavy atom. The first-order valence-corrected chi connectivity index (χ1v) is 7.28. The molecule has 0 aliphatic rings. The molecule has 0 aliphatic heterocycles. The van der Waals surface area contributed by atoms with Gasteiger partial charge in [-0.2, -0.15) is 0 Å². The normalized spacial score (nSPS) is 10.7.